The fourth-order valence-corrected chi connectivity index (χ4v) is 14.4. The van der Waals surface area contributed by atoms with Crippen LogP contribution in [0.4, 0.5) is 0 Å². The van der Waals surface area contributed by atoms with Gasteiger partial charge in [0, 0.05) is 25.7 Å². The molecule has 0 aliphatic heterocycles. The first kappa shape index (κ1) is 103. The van der Waals surface area contributed by atoms with Crippen LogP contribution < -0.4 is 0 Å². The molecule has 0 rings (SSSR count). The Morgan fingerprint density at radius 3 is 0.848 bits per heavy atom. The summed E-state index contributed by atoms with van der Waals surface area (Å²) in [4.78, 5) is 73.2. The van der Waals surface area contributed by atoms with Gasteiger partial charge < -0.3 is 33.8 Å². The maximum Gasteiger partial charge on any atom is 0.472 e. The molecular formula is C86H164O17P2. The first-order valence-corrected chi connectivity index (χ1v) is 46.7. The van der Waals surface area contributed by atoms with E-state index in [1.165, 1.54) is 225 Å². The zero-order valence-corrected chi connectivity index (χ0v) is 70.5. The molecule has 0 spiro atoms. The van der Waals surface area contributed by atoms with Gasteiger partial charge in [-0.25, -0.2) is 9.13 Å². The van der Waals surface area contributed by atoms with Gasteiger partial charge in [-0.15, -0.1) is 0 Å². The van der Waals surface area contributed by atoms with E-state index in [1.807, 2.05) is 0 Å². The average Bonchev–Trinajstić information content (AvgIpc) is 0.908. The second kappa shape index (κ2) is 75.6. The second-order valence-electron chi connectivity index (χ2n) is 31.4. The molecule has 0 saturated carbocycles. The van der Waals surface area contributed by atoms with E-state index in [0.29, 0.717) is 25.7 Å². The van der Waals surface area contributed by atoms with Crippen molar-refractivity contribution in [3.8, 4) is 0 Å². The Morgan fingerprint density at radius 2 is 0.562 bits per heavy atom. The number of hydrogen-bond donors (Lipinski definition) is 3. The van der Waals surface area contributed by atoms with Crippen LogP contribution in [0.25, 0.3) is 0 Å². The fraction of sp³-hybridized carbons (Fsp3) is 0.907. The first-order chi connectivity index (χ1) is 50.8. The van der Waals surface area contributed by atoms with Gasteiger partial charge in [-0.2, -0.15) is 0 Å². The zero-order valence-electron chi connectivity index (χ0n) is 68.7. The lowest BCUT2D eigenvalue weighted by Crippen LogP contribution is -2.30. The molecule has 0 bridgehead atoms. The summed E-state index contributed by atoms with van der Waals surface area (Å²) in [5.74, 6) is 0.265. The minimum atomic E-state index is -4.97. The highest BCUT2D eigenvalue weighted by Gasteiger charge is 2.30. The van der Waals surface area contributed by atoms with E-state index in [9.17, 15) is 43.2 Å². The molecule has 0 saturated heterocycles. The molecule has 0 heterocycles. The van der Waals surface area contributed by atoms with Crippen LogP contribution in [0.3, 0.4) is 0 Å². The first-order valence-electron chi connectivity index (χ1n) is 43.7. The van der Waals surface area contributed by atoms with E-state index < -0.39 is 97.5 Å². The lowest BCUT2D eigenvalue weighted by atomic mass is 9.99. The van der Waals surface area contributed by atoms with Crippen molar-refractivity contribution < 1.29 is 80.2 Å². The maximum atomic E-state index is 13.1. The number of aliphatic hydroxyl groups excluding tert-OH is 1. The van der Waals surface area contributed by atoms with Crippen molar-refractivity contribution >= 4 is 39.5 Å². The van der Waals surface area contributed by atoms with Crippen LogP contribution in [0.15, 0.2) is 24.3 Å². The Labute approximate surface area is 643 Å². The number of phosphoric ester groups is 2. The molecule has 0 aromatic rings. The summed E-state index contributed by atoms with van der Waals surface area (Å²) in [7, 11) is -9.94. The van der Waals surface area contributed by atoms with Crippen LogP contribution in [-0.2, 0) is 65.4 Å². The normalized spacial score (nSPS) is 14.3. The summed E-state index contributed by atoms with van der Waals surface area (Å²) in [5.41, 5.74) is 0. The van der Waals surface area contributed by atoms with Gasteiger partial charge in [-0.3, -0.25) is 37.3 Å². The molecule has 3 unspecified atom stereocenters. The van der Waals surface area contributed by atoms with Crippen LogP contribution in [-0.4, -0.2) is 96.7 Å². The van der Waals surface area contributed by atoms with Crippen molar-refractivity contribution in [2.75, 3.05) is 39.6 Å². The molecule has 17 nitrogen and oxygen atoms in total. The quantitative estimate of drug-likeness (QED) is 0.0169. The van der Waals surface area contributed by atoms with E-state index in [-0.39, 0.29) is 25.7 Å². The number of rotatable bonds is 82. The molecule has 0 aromatic heterocycles. The van der Waals surface area contributed by atoms with Gasteiger partial charge in [0.05, 0.1) is 26.4 Å². The van der Waals surface area contributed by atoms with Crippen molar-refractivity contribution in [1.29, 1.82) is 0 Å². The topological polar surface area (TPSA) is 237 Å². The van der Waals surface area contributed by atoms with Crippen LogP contribution in [0, 0.1) is 17.8 Å². The molecule has 0 aliphatic rings. The summed E-state index contributed by atoms with van der Waals surface area (Å²) >= 11 is 0. The van der Waals surface area contributed by atoms with Crippen LogP contribution in [0.2, 0.25) is 0 Å². The number of aliphatic hydroxyl groups is 1. The number of phosphoric acid groups is 2. The van der Waals surface area contributed by atoms with E-state index in [4.69, 9.17) is 37.0 Å². The highest BCUT2D eigenvalue weighted by molar-refractivity contribution is 7.47. The lowest BCUT2D eigenvalue weighted by Gasteiger charge is -2.21. The molecule has 19 heteroatoms. The zero-order chi connectivity index (χ0) is 77.2. The number of esters is 4. The van der Waals surface area contributed by atoms with Gasteiger partial charge in [-0.1, -0.05) is 375 Å². The van der Waals surface area contributed by atoms with Gasteiger partial charge in [0.2, 0.25) is 0 Å². The molecule has 0 aliphatic carbocycles. The molecule has 0 fully saturated rings. The summed E-state index contributed by atoms with van der Waals surface area (Å²) in [6.07, 6.45) is 68.8. The van der Waals surface area contributed by atoms with E-state index in [1.54, 1.807) is 0 Å². The number of allylic oxidation sites excluding steroid dienone is 4. The molecule has 0 radical (unpaired) electrons. The minimum Gasteiger partial charge on any atom is -0.462 e. The molecule has 620 valence electrons. The maximum absolute atomic E-state index is 13.1. The predicted octanol–water partition coefficient (Wildman–Crippen LogP) is 25.6. The largest absolute Gasteiger partial charge is 0.472 e. The highest BCUT2D eigenvalue weighted by Crippen LogP contribution is 2.45. The van der Waals surface area contributed by atoms with Crippen LogP contribution in [0.5, 0.6) is 0 Å². The summed E-state index contributed by atoms with van der Waals surface area (Å²) < 4.78 is 68.8. The Bertz CT molecular complexity index is 2120. The summed E-state index contributed by atoms with van der Waals surface area (Å²) in [5, 5.41) is 10.7. The Kier molecular flexibility index (Phi) is 73.8. The summed E-state index contributed by atoms with van der Waals surface area (Å²) in [6.45, 7) is 12.0. The summed E-state index contributed by atoms with van der Waals surface area (Å²) in [6, 6.07) is 0. The number of carbonyl (C=O) groups is 4. The number of hydrogen-bond acceptors (Lipinski definition) is 15. The van der Waals surface area contributed by atoms with Crippen molar-refractivity contribution in [2.24, 2.45) is 17.8 Å². The van der Waals surface area contributed by atoms with Gasteiger partial charge in [-0.05, 0) is 69.1 Å². The molecule has 6 atom stereocenters. The number of carbonyl (C=O) groups excluding carboxylic acids is 4. The molecule has 105 heavy (non-hydrogen) atoms. The smallest absolute Gasteiger partial charge is 0.462 e. The van der Waals surface area contributed by atoms with Gasteiger partial charge >= 0.3 is 39.5 Å². The molecule has 0 amide bonds. The average molecular weight is 1530 g/mol. The third-order valence-corrected chi connectivity index (χ3v) is 21.8. The van der Waals surface area contributed by atoms with E-state index in [2.05, 4.69) is 72.8 Å². The van der Waals surface area contributed by atoms with Crippen LogP contribution in [0.1, 0.15) is 427 Å². The Balaban J connectivity index is 5.27. The Morgan fingerprint density at radius 1 is 0.314 bits per heavy atom. The third-order valence-electron chi connectivity index (χ3n) is 19.9. The van der Waals surface area contributed by atoms with Crippen molar-refractivity contribution in [3.05, 3.63) is 24.3 Å². The van der Waals surface area contributed by atoms with Gasteiger partial charge in [0.25, 0.3) is 0 Å². The SMILES string of the molecule is CCCCCC/C=C\C=C/CCCCCCCC(=O)O[C@H](COC(=O)CCCCCCCCCCCC(C)C)COP(=O)(O)OC[C@H](O)COP(=O)(O)OC[C@@H](COC(=O)CCCCCCCCCCCCCCCC(C)C)OC(=O)CCCCCCCCCCCCCCCCCCCCC(C)CC. The lowest BCUT2D eigenvalue weighted by molar-refractivity contribution is -0.161. The monoisotopic (exact) mass is 1530 g/mol. The third kappa shape index (κ3) is 78.0. The van der Waals surface area contributed by atoms with E-state index in [0.717, 1.165) is 120 Å². The second-order valence-corrected chi connectivity index (χ2v) is 34.3. The van der Waals surface area contributed by atoms with Gasteiger partial charge in [0.15, 0.2) is 12.2 Å². The van der Waals surface area contributed by atoms with Crippen LogP contribution >= 0.6 is 15.6 Å². The highest BCUT2D eigenvalue weighted by atomic mass is 31.2. The minimum absolute atomic E-state index is 0.0847. The molecular weight excluding hydrogens is 1370 g/mol. The number of ether oxygens (including phenoxy) is 4. The van der Waals surface area contributed by atoms with Gasteiger partial charge in [0.1, 0.15) is 19.3 Å². The number of unbranched alkanes of at least 4 members (excludes halogenated alkanes) is 46. The molecule has 3 N–H and O–H groups in total. The van der Waals surface area contributed by atoms with Crippen molar-refractivity contribution in [3.63, 3.8) is 0 Å². The predicted molar refractivity (Wildman–Crippen MR) is 432 cm³/mol. The van der Waals surface area contributed by atoms with E-state index >= 15 is 0 Å². The standard InChI is InChI=1S/C86H164O17P2/c1-8-10-11-12-13-14-15-16-21-27-33-40-48-55-62-69-85(90)103-82(74-97-84(89)68-61-54-47-42-35-37-44-51-58-65-78(5)6)76-101-105(94,95)99-72-80(87)71-98-104(92,93)100-75-81(73-96-83(88)67-60-53-46-39-32-29-24-25-30-36-43-50-57-64-77(3)4)102-86(91)70-63-56-49-41-34-28-23-20-18-17-19-22-26-31-38-45-52-59-66-79(7)9-2/h14-16,21,77-82,87H,8-13,17-20,22-76H2,1-7H3,(H,92,93)(H,94,95)/b15-14-,21-16-/t79?,80-,81-,82-/m1/s1. The fourth-order valence-electron chi connectivity index (χ4n) is 12.8. The molecule has 0 aromatic carbocycles. The van der Waals surface area contributed by atoms with Crippen molar-refractivity contribution in [2.45, 2.75) is 446 Å². The Hall–Kier alpha value is -2.46. The van der Waals surface area contributed by atoms with Crippen molar-refractivity contribution in [1.82, 2.24) is 0 Å².